The molecule has 2 nitrogen and oxygen atoms in total. The second-order valence-corrected chi connectivity index (χ2v) is 2.76. The van der Waals surface area contributed by atoms with E-state index in [9.17, 15) is 9.18 Å². The summed E-state index contributed by atoms with van der Waals surface area (Å²) in [4.78, 5) is 10.9. The second-order valence-electron chi connectivity index (χ2n) is 2.76. The maximum absolute atomic E-state index is 12.5. The van der Waals surface area contributed by atoms with Gasteiger partial charge >= 0.3 is 0 Å². The minimum Gasteiger partial charge on any atom is -0.352 e. The monoisotopic (exact) mass is 181 g/mol. The predicted molar refractivity (Wildman–Crippen MR) is 48.5 cm³/mol. The topological polar surface area (TPSA) is 29.1 Å². The van der Waals surface area contributed by atoms with Gasteiger partial charge in [-0.05, 0) is 17.7 Å². The Morgan fingerprint density at radius 3 is 2.54 bits per heavy atom. The fraction of sp³-hybridized carbons (Fsp3) is 0.300. The van der Waals surface area contributed by atoms with Gasteiger partial charge in [-0.3, -0.25) is 4.79 Å². The molecule has 1 amide bonds. The number of benzene rings is 1. The van der Waals surface area contributed by atoms with Gasteiger partial charge in [0.1, 0.15) is 5.82 Å². The molecule has 1 aromatic carbocycles. The molecule has 0 unspecified atom stereocenters. The zero-order valence-corrected chi connectivity index (χ0v) is 7.51. The van der Waals surface area contributed by atoms with Crippen LogP contribution in [0.2, 0.25) is 0 Å². The Hall–Kier alpha value is -1.38. The van der Waals surface area contributed by atoms with E-state index in [0.29, 0.717) is 13.0 Å². The molecule has 0 bridgehead atoms. The molecule has 0 aliphatic carbocycles. The van der Waals surface area contributed by atoms with Crippen molar-refractivity contribution in [3.63, 3.8) is 0 Å². The summed E-state index contributed by atoms with van der Waals surface area (Å²) in [7, 11) is 0. The minimum atomic E-state index is -0.259. The first-order chi connectivity index (χ1) is 6.22. The van der Waals surface area contributed by atoms with Crippen molar-refractivity contribution in [2.45, 2.75) is 19.9 Å². The van der Waals surface area contributed by atoms with Crippen molar-refractivity contribution in [3.8, 4) is 0 Å². The van der Waals surface area contributed by atoms with Gasteiger partial charge < -0.3 is 5.32 Å². The molecule has 0 aromatic heterocycles. The molecule has 0 saturated heterocycles. The van der Waals surface area contributed by atoms with Crippen LogP contribution < -0.4 is 5.32 Å². The molecule has 0 heterocycles. The molecular formula is C10H12FNO. The van der Waals surface area contributed by atoms with Crippen molar-refractivity contribution >= 4 is 5.91 Å². The van der Waals surface area contributed by atoms with Crippen LogP contribution in [0.3, 0.4) is 0 Å². The number of carbonyl (C=O) groups excluding carboxylic acids is 1. The van der Waals surface area contributed by atoms with Gasteiger partial charge in [0.05, 0.1) is 0 Å². The van der Waals surface area contributed by atoms with E-state index < -0.39 is 0 Å². The summed E-state index contributed by atoms with van der Waals surface area (Å²) in [5.74, 6) is -0.255. The van der Waals surface area contributed by atoms with E-state index in [1.165, 1.54) is 12.1 Å². The highest BCUT2D eigenvalue weighted by Gasteiger charge is 1.97. The lowest BCUT2D eigenvalue weighted by Crippen LogP contribution is -2.21. The molecule has 0 spiro atoms. The number of rotatable bonds is 3. The van der Waals surface area contributed by atoms with Crippen LogP contribution in [0.4, 0.5) is 4.39 Å². The van der Waals surface area contributed by atoms with E-state index in [0.717, 1.165) is 5.56 Å². The molecule has 3 heteroatoms. The summed E-state index contributed by atoms with van der Waals surface area (Å²) in [6, 6.07) is 6.08. The molecule has 13 heavy (non-hydrogen) atoms. The van der Waals surface area contributed by atoms with E-state index in [1.54, 1.807) is 19.1 Å². The largest absolute Gasteiger partial charge is 0.352 e. The Balaban J connectivity index is 2.46. The fourth-order valence-electron chi connectivity index (χ4n) is 0.928. The number of amides is 1. The van der Waals surface area contributed by atoms with Crippen molar-refractivity contribution in [1.29, 1.82) is 0 Å². The number of halogens is 1. The van der Waals surface area contributed by atoms with E-state index >= 15 is 0 Å². The van der Waals surface area contributed by atoms with Crippen LogP contribution in [0, 0.1) is 5.82 Å². The number of hydrogen-bond donors (Lipinski definition) is 1. The quantitative estimate of drug-likeness (QED) is 0.757. The number of hydrogen-bond acceptors (Lipinski definition) is 1. The molecule has 1 N–H and O–H groups in total. The third-order valence-corrected chi connectivity index (χ3v) is 1.72. The Morgan fingerprint density at radius 1 is 1.38 bits per heavy atom. The van der Waals surface area contributed by atoms with Gasteiger partial charge in [0.15, 0.2) is 0 Å². The van der Waals surface area contributed by atoms with E-state index in [1.807, 2.05) is 0 Å². The summed E-state index contributed by atoms with van der Waals surface area (Å²) in [6.45, 7) is 2.26. The standard InChI is InChI=1S/C10H12FNO/c1-2-10(13)12-7-8-3-5-9(11)6-4-8/h3-6H,2,7H2,1H3,(H,12,13). The fourth-order valence-corrected chi connectivity index (χ4v) is 0.928. The summed E-state index contributed by atoms with van der Waals surface area (Å²) in [5.41, 5.74) is 0.906. The third kappa shape index (κ3) is 3.23. The Morgan fingerprint density at radius 2 is 2.00 bits per heavy atom. The molecule has 0 aliphatic rings. The second kappa shape index (κ2) is 4.60. The molecule has 0 fully saturated rings. The normalized spacial score (nSPS) is 9.69. The van der Waals surface area contributed by atoms with Gasteiger partial charge in [0.25, 0.3) is 0 Å². The Kier molecular flexibility index (Phi) is 3.43. The highest BCUT2D eigenvalue weighted by atomic mass is 19.1. The maximum atomic E-state index is 12.5. The highest BCUT2D eigenvalue weighted by molar-refractivity contribution is 5.75. The summed E-state index contributed by atoms with van der Waals surface area (Å²) >= 11 is 0. The molecular weight excluding hydrogens is 169 g/mol. The van der Waals surface area contributed by atoms with Crippen molar-refractivity contribution < 1.29 is 9.18 Å². The van der Waals surface area contributed by atoms with E-state index in [2.05, 4.69) is 5.32 Å². The van der Waals surface area contributed by atoms with Crippen LogP contribution in [0.5, 0.6) is 0 Å². The van der Waals surface area contributed by atoms with E-state index in [4.69, 9.17) is 0 Å². The average molecular weight is 181 g/mol. The highest BCUT2D eigenvalue weighted by Crippen LogP contribution is 2.01. The SMILES string of the molecule is CCC(=O)NCc1ccc(F)cc1. The molecule has 0 radical (unpaired) electrons. The Bertz CT molecular complexity index is 281. The van der Waals surface area contributed by atoms with Crippen molar-refractivity contribution in [2.75, 3.05) is 0 Å². The van der Waals surface area contributed by atoms with Crippen molar-refractivity contribution in [1.82, 2.24) is 5.32 Å². The molecule has 1 aromatic rings. The van der Waals surface area contributed by atoms with Crippen LogP contribution in [-0.2, 0) is 11.3 Å². The molecule has 0 aliphatic heterocycles. The summed E-state index contributed by atoms with van der Waals surface area (Å²) in [6.07, 6.45) is 0.473. The number of carbonyl (C=O) groups is 1. The van der Waals surface area contributed by atoms with Crippen LogP contribution >= 0.6 is 0 Å². The lowest BCUT2D eigenvalue weighted by Gasteiger charge is -2.02. The molecule has 0 saturated carbocycles. The first-order valence-corrected chi connectivity index (χ1v) is 4.23. The Labute approximate surface area is 76.8 Å². The first kappa shape index (κ1) is 9.71. The first-order valence-electron chi connectivity index (χ1n) is 4.23. The van der Waals surface area contributed by atoms with Gasteiger partial charge in [0.2, 0.25) is 5.91 Å². The van der Waals surface area contributed by atoms with E-state index in [-0.39, 0.29) is 11.7 Å². The van der Waals surface area contributed by atoms with Gasteiger partial charge in [-0.25, -0.2) is 4.39 Å². The lowest BCUT2D eigenvalue weighted by atomic mass is 10.2. The van der Waals surface area contributed by atoms with Crippen molar-refractivity contribution in [2.24, 2.45) is 0 Å². The molecule has 0 atom stereocenters. The van der Waals surface area contributed by atoms with Gasteiger partial charge in [-0.2, -0.15) is 0 Å². The summed E-state index contributed by atoms with van der Waals surface area (Å²) < 4.78 is 12.5. The van der Waals surface area contributed by atoms with Crippen LogP contribution in [0.25, 0.3) is 0 Å². The lowest BCUT2D eigenvalue weighted by molar-refractivity contribution is -0.120. The smallest absolute Gasteiger partial charge is 0.219 e. The van der Waals surface area contributed by atoms with Crippen LogP contribution in [0.15, 0.2) is 24.3 Å². The van der Waals surface area contributed by atoms with Gasteiger partial charge in [-0.1, -0.05) is 19.1 Å². The zero-order chi connectivity index (χ0) is 9.68. The van der Waals surface area contributed by atoms with Crippen LogP contribution in [0.1, 0.15) is 18.9 Å². The van der Waals surface area contributed by atoms with Crippen molar-refractivity contribution in [3.05, 3.63) is 35.6 Å². The number of nitrogens with one attached hydrogen (secondary N) is 1. The maximum Gasteiger partial charge on any atom is 0.219 e. The zero-order valence-electron chi connectivity index (χ0n) is 7.51. The predicted octanol–water partition coefficient (Wildman–Crippen LogP) is 1.85. The van der Waals surface area contributed by atoms with Crippen LogP contribution in [-0.4, -0.2) is 5.91 Å². The van der Waals surface area contributed by atoms with Gasteiger partial charge in [0, 0.05) is 13.0 Å². The summed E-state index contributed by atoms with van der Waals surface area (Å²) in [5, 5.41) is 2.71. The molecule has 70 valence electrons. The average Bonchev–Trinajstić information content (AvgIpc) is 2.16. The van der Waals surface area contributed by atoms with Gasteiger partial charge in [-0.15, -0.1) is 0 Å². The minimum absolute atomic E-state index is 0.00400. The third-order valence-electron chi connectivity index (χ3n) is 1.72. The molecule has 1 rings (SSSR count).